The van der Waals surface area contributed by atoms with Crippen molar-refractivity contribution in [1.82, 2.24) is 5.32 Å². The molecule has 3 rings (SSSR count). The Labute approximate surface area is 197 Å². The van der Waals surface area contributed by atoms with Crippen LogP contribution < -0.4 is 15.8 Å². The normalized spacial score (nSPS) is 25.0. The molecule has 1 atom stereocenters. The molecule has 0 spiro atoms. The number of nitrogens with one attached hydrogen (secondary N) is 1. The van der Waals surface area contributed by atoms with Gasteiger partial charge in [0.15, 0.2) is 0 Å². The first kappa shape index (κ1) is 25.3. The van der Waals surface area contributed by atoms with Crippen LogP contribution >= 0.6 is 0 Å². The standard InChI is InChI=1S/C25H37N3O4S/c1-5-32-20-8-6-7-18(15-20)23(26)21-10-9-19(16-22(21)27-17(2)3)24(29)28-25(4)11-13-33(30,31)14-12-25/h6-8,15,17,19H,5,9-14,16,26H2,1-4H3,(H,28,29)/t19-/m1/s1. The van der Waals surface area contributed by atoms with Crippen LogP contribution in [0.2, 0.25) is 0 Å². The molecule has 1 heterocycles. The smallest absolute Gasteiger partial charge is 0.223 e. The highest BCUT2D eigenvalue weighted by molar-refractivity contribution is 7.91. The second-order valence-electron chi connectivity index (χ2n) is 9.66. The van der Waals surface area contributed by atoms with Crippen molar-refractivity contribution in [3.05, 3.63) is 35.4 Å². The molecule has 1 saturated heterocycles. The number of carbonyl (C=O) groups excluding carboxylic acids is 1. The van der Waals surface area contributed by atoms with Gasteiger partial charge in [0, 0.05) is 40.9 Å². The Balaban J connectivity index is 1.79. The van der Waals surface area contributed by atoms with Crippen LogP contribution in [-0.2, 0) is 14.6 Å². The van der Waals surface area contributed by atoms with Crippen molar-refractivity contribution in [2.75, 3.05) is 18.1 Å². The zero-order valence-electron chi connectivity index (χ0n) is 20.2. The van der Waals surface area contributed by atoms with Gasteiger partial charge in [-0.1, -0.05) is 12.1 Å². The maximum absolute atomic E-state index is 13.1. The lowest BCUT2D eigenvalue weighted by molar-refractivity contribution is -0.127. The van der Waals surface area contributed by atoms with Crippen LogP contribution in [0.3, 0.4) is 0 Å². The van der Waals surface area contributed by atoms with E-state index in [1.54, 1.807) is 0 Å². The second kappa shape index (κ2) is 10.3. The lowest BCUT2D eigenvalue weighted by Crippen LogP contribution is -2.53. The average molecular weight is 476 g/mol. The summed E-state index contributed by atoms with van der Waals surface area (Å²) in [7, 11) is -2.99. The molecule has 1 aliphatic heterocycles. The topological polar surface area (TPSA) is 111 Å². The van der Waals surface area contributed by atoms with E-state index in [0.29, 0.717) is 44.4 Å². The van der Waals surface area contributed by atoms with Gasteiger partial charge in [-0.05, 0) is 71.1 Å². The van der Waals surface area contributed by atoms with Gasteiger partial charge < -0.3 is 15.8 Å². The molecule has 0 aromatic heterocycles. The maximum atomic E-state index is 13.1. The molecular weight excluding hydrogens is 438 g/mol. The summed E-state index contributed by atoms with van der Waals surface area (Å²) in [6.07, 6.45) is 2.78. The minimum atomic E-state index is -2.99. The number of amides is 1. The number of hydrogen-bond acceptors (Lipinski definition) is 6. The van der Waals surface area contributed by atoms with Gasteiger partial charge in [-0.15, -0.1) is 0 Å². The third kappa shape index (κ3) is 6.59. The molecule has 2 fully saturated rings. The number of benzene rings is 1. The fourth-order valence-electron chi connectivity index (χ4n) is 4.49. The number of rotatable bonds is 6. The van der Waals surface area contributed by atoms with E-state index in [1.807, 2.05) is 52.0 Å². The van der Waals surface area contributed by atoms with E-state index in [2.05, 4.69) is 5.32 Å². The van der Waals surface area contributed by atoms with Crippen LogP contribution in [0.5, 0.6) is 5.75 Å². The lowest BCUT2D eigenvalue weighted by Gasteiger charge is -2.36. The molecule has 0 radical (unpaired) electrons. The number of carbonyl (C=O) groups is 1. The first-order valence-electron chi connectivity index (χ1n) is 11.8. The molecule has 1 aromatic carbocycles. The van der Waals surface area contributed by atoms with E-state index in [-0.39, 0.29) is 29.4 Å². The minimum absolute atomic E-state index is 0.0239. The zero-order valence-corrected chi connectivity index (χ0v) is 21.0. The number of hydrogen-bond donors (Lipinski definition) is 2. The van der Waals surface area contributed by atoms with E-state index in [0.717, 1.165) is 22.6 Å². The van der Waals surface area contributed by atoms with Crippen molar-refractivity contribution in [2.24, 2.45) is 16.6 Å². The van der Waals surface area contributed by atoms with Gasteiger partial charge in [-0.25, -0.2) is 8.42 Å². The fraction of sp³-hybridized carbons (Fsp3) is 0.600. The molecule has 8 heteroatoms. The molecule has 7 nitrogen and oxygen atoms in total. The van der Waals surface area contributed by atoms with E-state index in [1.165, 1.54) is 0 Å². The van der Waals surface area contributed by atoms with Crippen molar-refractivity contribution in [3.63, 3.8) is 0 Å². The molecule has 33 heavy (non-hydrogen) atoms. The van der Waals surface area contributed by atoms with Gasteiger partial charge in [0.05, 0.1) is 18.1 Å². The van der Waals surface area contributed by atoms with Crippen molar-refractivity contribution in [3.8, 4) is 5.75 Å². The minimum Gasteiger partial charge on any atom is -0.494 e. The average Bonchev–Trinajstić information content (AvgIpc) is 2.76. The van der Waals surface area contributed by atoms with Gasteiger partial charge in [-0.3, -0.25) is 9.79 Å². The van der Waals surface area contributed by atoms with Gasteiger partial charge in [0.2, 0.25) is 5.91 Å². The first-order chi connectivity index (χ1) is 15.5. The number of ether oxygens (including phenoxy) is 1. The fourth-order valence-corrected chi connectivity index (χ4v) is 6.21. The number of nitrogens with two attached hydrogens (primary N) is 1. The largest absolute Gasteiger partial charge is 0.494 e. The van der Waals surface area contributed by atoms with Crippen LogP contribution in [-0.4, -0.2) is 49.7 Å². The maximum Gasteiger partial charge on any atom is 0.223 e. The number of aliphatic imine (C=N–C) groups is 1. The molecule has 0 bridgehead atoms. The predicted octanol–water partition coefficient (Wildman–Crippen LogP) is 3.49. The summed E-state index contributed by atoms with van der Waals surface area (Å²) >= 11 is 0. The Morgan fingerprint density at radius 3 is 2.64 bits per heavy atom. The Hall–Kier alpha value is -2.35. The van der Waals surface area contributed by atoms with Crippen LogP contribution in [0.1, 0.15) is 65.4 Å². The molecule has 182 valence electrons. The van der Waals surface area contributed by atoms with Gasteiger partial charge in [-0.2, -0.15) is 0 Å². The Morgan fingerprint density at radius 2 is 2.00 bits per heavy atom. The molecular formula is C25H37N3O4S. The number of nitrogens with zero attached hydrogens (tertiary/aromatic N) is 1. The highest BCUT2D eigenvalue weighted by Crippen LogP contribution is 2.33. The van der Waals surface area contributed by atoms with Gasteiger partial charge in [0.25, 0.3) is 0 Å². The summed E-state index contributed by atoms with van der Waals surface area (Å²) in [5, 5.41) is 3.15. The second-order valence-corrected chi connectivity index (χ2v) is 12.0. The molecule has 0 unspecified atom stereocenters. The predicted molar refractivity (Wildman–Crippen MR) is 133 cm³/mol. The van der Waals surface area contributed by atoms with Crippen molar-refractivity contribution >= 4 is 27.2 Å². The first-order valence-corrected chi connectivity index (χ1v) is 13.7. The summed E-state index contributed by atoms with van der Waals surface area (Å²) in [6, 6.07) is 7.83. The molecule has 1 saturated carbocycles. The van der Waals surface area contributed by atoms with Crippen LogP contribution in [0.15, 0.2) is 34.8 Å². The Bertz CT molecular complexity index is 1030. The summed E-state index contributed by atoms with van der Waals surface area (Å²) in [5.41, 5.74) is 9.58. The third-order valence-corrected chi connectivity index (χ3v) is 8.10. The van der Waals surface area contributed by atoms with Crippen LogP contribution in [0, 0.1) is 5.92 Å². The van der Waals surface area contributed by atoms with Crippen LogP contribution in [0.25, 0.3) is 5.70 Å². The summed E-state index contributed by atoms with van der Waals surface area (Å²) in [5.74, 6) is 0.794. The Kier molecular flexibility index (Phi) is 7.88. The Morgan fingerprint density at radius 1 is 1.30 bits per heavy atom. The zero-order chi connectivity index (χ0) is 24.2. The summed E-state index contributed by atoms with van der Waals surface area (Å²) in [6.45, 7) is 8.51. The highest BCUT2D eigenvalue weighted by atomic mass is 32.2. The van der Waals surface area contributed by atoms with E-state index in [9.17, 15) is 13.2 Å². The molecule has 2 aliphatic rings. The molecule has 1 amide bonds. The summed E-state index contributed by atoms with van der Waals surface area (Å²) < 4.78 is 29.2. The van der Waals surface area contributed by atoms with E-state index >= 15 is 0 Å². The van der Waals surface area contributed by atoms with E-state index in [4.69, 9.17) is 15.5 Å². The summed E-state index contributed by atoms with van der Waals surface area (Å²) in [4.78, 5) is 18.0. The lowest BCUT2D eigenvalue weighted by atomic mass is 9.81. The quantitative estimate of drug-likeness (QED) is 0.654. The highest BCUT2D eigenvalue weighted by Gasteiger charge is 2.37. The van der Waals surface area contributed by atoms with E-state index < -0.39 is 15.4 Å². The van der Waals surface area contributed by atoms with Crippen molar-refractivity contribution in [1.29, 1.82) is 0 Å². The molecule has 1 aliphatic carbocycles. The monoisotopic (exact) mass is 475 g/mol. The van der Waals surface area contributed by atoms with Gasteiger partial charge in [0.1, 0.15) is 15.6 Å². The number of allylic oxidation sites excluding steroid dienone is 1. The SMILES string of the molecule is CCOc1cccc(C(N)=C2CC[C@@H](C(=O)NC3(C)CCS(=O)(=O)CC3)CC2=NC(C)C)c1. The molecule has 3 N–H and O–H groups in total. The third-order valence-electron chi connectivity index (χ3n) is 6.45. The molecule has 1 aromatic rings. The van der Waals surface area contributed by atoms with Gasteiger partial charge >= 0.3 is 0 Å². The van der Waals surface area contributed by atoms with Crippen LogP contribution in [0.4, 0.5) is 0 Å². The number of sulfone groups is 1. The van der Waals surface area contributed by atoms with Crippen molar-refractivity contribution in [2.45, 2.75) is 71.4 Å². The van der Waals surface area contributed by atoms with Crippen molar-refractivity contribution < 1.29 is 17.9 Å².